The molecule has 0 bridgehead atoms. The molecule has 80 valence electrons. The number of pyridine rings is 1. The average Bonchev–Trinajstić information content (AvgIpc) is 2.17. The Morgan fingerprint density at radius 1 is 1.60 bits per heavy atom. The molecular weight excluding hydrogens is 188 g/mol. The lowest BCUT2D eigenvalue weighted by Crippen LogP contribution is -2.40. The third-order valence-corrected chi connectivity index (χ3v) is 2.05. The van der Waals surface area contributed by atoms with Crippen molar-refractivity contribution >= 4 is 5.91 Å². The van der Waals surface area contributed by atoms with E-state index in [2.05, 4.69) is 11.9 Å². The minimum absolute atomic E-state index is 0.0803. The molecule has 0 radical (unpaired) electrons. The summed E-state index contributed by atoms with van der Waals surface area (Å²) in [6, 6.07) is 4.04. The largest absolute Gasteiger partial charge is 0.346 e. The molecule has 0 spiro atoms. The fourth-order valence-corrected chi connectivity index (χ4v) is 1.24. The van der Waals surface area contributed by atoms with Crippen molar-refractivity contribution in [2.75, 3.05) is 6.54 Å². The summed E-state index contributed by atoms with van der Waals surface area (Å²) in [5.41, 5.74) is 1.76. The lowest BCUT2D eigenvalue weighted by atomic mass is 10.3. The predicted octanol–water partition coefficient (Wildman–Crippen LogP) is 0.975. The maximum absolute atomic E-state index is 11.2. The summed E-state index contributed by atoms with van der Waals surface area (Å²) in [5, 5.41) is 2.79. The van der Waals surface area contributed by atoms with E-state index in [0.29, 0.717) is 12.1 Å². The number of nitrogens with one attached hydrogen (secondary N) is 1. The molecule has 1 heterocycles. The van der Waals surface area contributed by atoms with E-state index in [0.717, 1.165) is 6.54 Å². The standard InChI is InChI=1S/C12H16N2O/c1-10(2)12(15)13-6-8-14-7-4-5-11(3)9-14/h4-5,7,9H,1,6,8H2,2-3H3/p+1. The molecule has 1 rings (SSSR count). The summed E-state index contributed by atoms with van der Waals surface area (Å²) in [7, 11) is 0. The number of carbonyl (C=O) groups is 1. The Morgan fingerprint density at radius 3 is 2.93 bits per heavy atom. The molecular formula is C12H17N2O+. The van der Waals surface area contributed by atoms with Gasteiger partial charge in [-0.15, -0.1) is 0 Å². The van der Waals surface area contributed by atoms with Crippen LogP contribution in [0.3, 0.4) is 0 Å². The number of rotatable bonds is 4. The number of carbonyl (C=O) groups excluding carboxylic acids is 1. The molecule has 3 heteroatoms. The van der Waals surface area contributed by atoms with Gasteiger partial charge in [-0.2, -0.15) is 0 Å². The SMILES string of the molecule is C=C(C)C(=O)NCC[n+]1cccc(C)c1. The third-order valence-electron chi connectivity index (χ3n) is 2.05. The minimum atomic E-state index is -0.0803. The molecule has 1 aromatic rings. The molecule has 1 N–H and O–H groups in total. The smallest absolute Gasteiger partial charge is 0.246 e. The second-order valence-corrected chi connectivity index (χ2v) is 3.66. The third kappa shape index (κ3) is 3.94. The fraction of sp³-hybridized carbons (Fsp3) is 0.333. The summed E-state index contributed by atoms with van der Waals surface area (Å²) in [6.45, 7) is 8.73. The molecule has 0 fully saturated rings. The number of aromatic nitrogens is 1. The summed E-state index contributed by atoms with van der Waals surface area (Å²) in [4.78, 5) is 11.2. The minimum Gasteiger partial charge on any atom is -0.346 e. The van der Waals surface area contributed by atoms with Gasteiger partial charge in [0.1, 0.15) is 0 Å². The highest BCUT2D eigenvalue weighted by molar-refractivity contribution is 5.91. The Hall–Kier alpha value is -1.64. The van der Waals surface area contributed by atoms with Crippen molar-refractivity contribution in [3.8, 4) is 0 Å². The van der Waals surface area contributed by atoms with Crippen molar-refractivity contribution in [2.24, 2.45) is 0 Å². The quantitative estimate of drug-likeness (QED) is 0.577. The van der Waals surface area contributed by atoms with E-state index in [1.54, 1.807) is 6.92 Å². The van der Waals surface area contributed by atoms with Gasteiger partial charge in [-0.05, 0) is 19.9 Å². The van der Waals surface area contributed by atoms with Crippen molar-refractivity contribution in [1.82, 2.24) is 5.32 Å². The molecule has 15 heavy (non-hydrogen) atoms. The first-order chi connectivity index (χ1) is 7.09. The molecule has 0 saturated heterocycles. The second kappa shape index (κ2) is 5.29. The molecule has 0 aliphatic heterocycles. The van der Waals surface area contributed by atoms with Gasteiger partial charge in [0.15, 0.2) is 18.9 Å². The van der Waals surface area contributed by atoms with Crippen LogP contribution < -0.4 is 9.88 Å². The first-order valence-electron chi connectivity index (χ1n) is 4.99. The van der Waals surface area contributed by atoms with Crippen LogP contribution >= 0.6 is 0 Å². The van der Waals surface area contributed by atoms with Crippen LogP contribution in [0.25, 0.3) is 0 Å². The van der Waals surface area contributed by atoms with Crippen LogP contribution in [0.1, 0.15) is 12.5 Å². The highest BCUT2D eigenvalue weighted by Crippen LogP contribution is 1.89. The van der Waals surface area contributed by atoms with Gasteiger partial charge in [0.05, 0.1) is 6.54 Å². The van der Waals surface area contributed by atoms with Crippen molar-refractivity contribution in [3.05, 3.63) is 42.2 Å². The van der Waals surface area contributed by atoms with Gasteiger partial charge in [0.25, 0.3) is 0 Å². The van der Waals surface area contributed by atoms with E-state index >= 15 is 0 Å². The molecule has 0 saturated carbocycles. The van der Waals surface area contributed by atoms with Crippen LogP contribution in [0.15, 0.2) is 36.7 Å². The monoisotopic (exact) mass is 205 g/mol. The zero-order chi connectivity index (χ0) is 11.3. The molecule has 1 amide bonds. The van der Waals surface area contributed by atoms with Crippen LogP contribution in [0, 0.1) is 6.92 Å². The maximum Gasteiger partial charge on any atom is 0.246 e. The summed E-state index contributed by atoms with van der Waals surface area (Å²) < 4.78 is 2.05. The van der Waals surface area contributed by atoms with E-state index in [-0.39, 0.29) is 5.91 Å². The summed E-state index contributed by atoms with van der Waals surface area (Å²) in [5.74, 6) is -0.0803. The maximum atomic E-state index is 11.2. The Labute approximate surface area is 90.4 Å². The zero-order valence-electron chi connectivity index (χ0n) is 9.29. The number of amides is 1. The van der Waals surface area contributed by atoms with Crippen molar-refractivity contribution in [2.45, 2.75) is 20.4 Å². The van der Waals surface area contributed by atoms with E-state index < -0.39 is 0 Å². The van der Waals surface area contributed by atoms with Gasteiger partial charge in [-0.25, -0.2) is 4.57 Å². The van der Waals surface area contributed by atoms with Gasteiger partial charge in [0.2, 0.25) is 5.91 Å². The molecule has 0 aliphatic rings. The first kappa shape index (κ1) is 11.4. The lowest BCUT2D eigenvalue weighted by molar-refractivity contribution is -0.695. The fourth-order valence-electron chi connectivity index (χ4n) is 1.24. The van der Waals surface area contributed by atoms with Crippen molar-refractivity contribution in [3.63, 3.8) is 0 Å². The molecule has 0 unspecified atom stereocenters. The Kier molecular flexibility index (Phi) is 4.03. The highest BCUT2D eigenvalue weighted by atomic mass is 16.1. The topological polar surface area (TPSA) is 33.0 Å². The number of aryl methyl sites for hydroxylation is 1. The van der Waals surface area contributed by atoms with Crippen LogP contribution in [0.4, 0.5) is 0 Å². The summed E-state index contributed by atoms with van der Waals surface area (Å²) >= 11 is 0. The second-order valence-electron chi connectivity index (χ2n) is 3.66. The van der Waals surface area contributed by atoms with Crippen LogP contribution in [-0.4, -0.2) is 12.5 Å². The summed E-state index contributed by atoms with van der Waals surface area (Å²) in [6.07, 6.45) is 4.03. The van der Waals surface area contributed by atoms with E-state index in [9.17, 15) is 4.79 Å². The van der Waals surface area contributed by atoms with Crippen molar-refractivity contribution in [1.29, 1.82) is 0 Å². The molecule has 0 aromatic carbocycles. The van der Waals surface area contributed by atoms with Gasteiger partial charge in [0, 0.05) is 17.2 Å². The number of hydrogen-bond acceptors (Lipinski definition) is 1. The van der Waals surface area contributed by atoms with Gasteiger partial charge in [-0.1, -0.05) is 6.58 Å². The van der Waals surface area contributed by atoms with Crippen molar-refractivity contribution < 1.29 is 9.36 Å². The Bertz CT molecular complexity index is 372. The molecule has 0 aliphatic carbocycles. The van der Waals surface area contributed by atoms with E-state index in [1.807, 2.05) is 36.0 Å². The first-order valence-corrected chi connectivity index (χ1v) is 4.99. The van der Waals surface area contributed by atoms with Crippen LogP contribution in [0.5, 0.6) is 0 Å². The van der Waals surface area contributed by atoms with Gasteiger partial charge < -0.3 is 5.32 Å². The lowest BCUT2D eigenvalue weighted by Gasteiger charge is -2.02. The van der Waals surface area contributed by atoms with Gasteiger partial charge in [-0.3, -0.25) is 4.79 Å². The van der Waals surface area contributed by atoms with Crippen LogP contribution in [0.2, 0.25) is 0 Å². The van der Waals surface area contributed by atoms with E-state index in [4.69, 9.17) is 0 Å². The zero-order valence-corrected chi connectivity index (χ0v) is 9.29. The molecule has 1 aromatic heterocycles. The Balaban J connectivity index is 2.38. The average molecular weight is 205 g/mol. The van der Waals surface area contributed by atoms with E-state index in [1.165, 1.54) is 5.56 Å². The Morgan fingerprint density at radius 2 is 2.33 bits per heavy atom. The molecule has 3 nitrogen and oxygen atoms in total. The highest BCUT2D eigenvalue weighted by Gasteiger charge is 2.03. The van der Waals surface area contributed by atoms with Crippen LogP contribution in [-0.2, 0) is 11.3 Å². The van der Waals surface area contributed by atoms with Gasteiger partial charge >= 0.3 is 0 Å². The number of hydrogen-bond donors (Lipinski definition) is 1. The molecule has 0 atom stereocenters. The predicted molar refractivity (Wildman–Crippen MR) is 59.2 cm³/mol. The normalized spacial score (nSPS) is 9.73. The number of nitrogens with zero attached hydrogens (tertiary/aromatic N) is 1.